The molecular weight excluding hydrogens is 278 g/mol. The molecule has 1 saturated heterocycles. The van der Waals surface area contributed by atoms with Gasteiger partial charge in [0, 0.05) is 19.2 Å². The average Bonchev–Trinajstić information content (AvgIpc) is 2.42. The predicted molar refractivity (Wildman–Crippen MR) is 80.0 cm³/mol. The summed E-state index contributed by atoms with van der Waals surface area (Å²) in [6, 6.07) is 5.05. The third-order valence-electron chi connectivity index (χ3n) is 3.21. The molecule has 0 aliphatic carbocycles. The van der Waals surface area contributed by atoms with Crippen LogP contribution in [0.25, 0.3) is 0 Å². The van der Waals surface area contributed by atoms with Gasteiger partial charge in [-0.3, -0.25) is 9.59 Å². The molecule has 0 bridgehead atoms. The molecule has 6 heteroatoms. The van der Waals surface area contributed by atoms with Crippen molar-refractivity contribution in [3.8, 4) is 0 Å². The van der Waals surface area contributed by atoms with Crippen LogP contribution in [0.5, 0.6) is 0 Å². The molecule has 2 amide bonds. The Morgan fingerprint density at radius 2 is 2.15 bits per heavy atom. The average molecular weight is 296 g/mol. The third kappa shape index (κ3) is 3.95. The summed E-state index contributed by atoms with van der Waals surface area (Å²) < 4.78 is 0. The molecule has 0 spiro atoms. The Balaban J connectivity index is 2.00. The van der Waals surface area contributed by atoms with Gasteiger partial charge < -0.3 is 16.0 Å². The van der Waals surface area contributed by atoms with E-state index in [9.17, 15) is 9.59 Å². The van der Waals surface area contributed by atoms with Gasteiger partial charge in [0.2, 0.25) is 11.8 Å². The highest BCUT2D eigenvalue weighted by Gasteiger charge is 2.20. The molecule has 1 fully saturated rings. The Morgan fingerprint density at radius 1 is 1.35 bits per heavy atom. The molecule has 5 nitrogen and oxygen atoms in total. The second-order valence-corrected chi connectivity index (χ2v) is 5.32. The molecule has 0 saturated carbocycles. The number of nitrogens with one attached hydrogen (secondary N) is 3. The molecule has 1 heterocycles. The van der Waals surface area contributed by atoms with Gasteiger partial charge in [0.05, 0.1) is 16.6 Å². The largest absolute Gasteiger partial charge is 0.326 e. The van der Waals surface area contributed by atoms with Crippen LogP contribution in [0, 0.1) is 5.92 Å². The van der Waals surface area contributed by atoms with E-state index in [-0.39, 0.29) is 17.7 Å². The molecular formula is C14H18ClN3O2. The Hall–Kier alpha value is -1.59. The molecule has 20 heavy (non-hydrogen) atoms. The maximum Gasteiger partial charge on any atom is 0.228 e. The molecule has 2 rings (SSSR count). The fourth-order valence-electron chi connectivity index (χ4n) is 2.20. The number of anilines is 2. The zero-order valence-electron chi connectivity index (χ0n) is 11.3. The van der Waals surface area contributed by atoms with E-state index in [2.05, 4.69) is 16.0 Å². The monoisotopic (exact) mass is 295 g/mol. The van der Waals surface area contributed by atoms with Crippen LogP contribution in [0.3, 0.4) is 0 Å². The number of carbonyl (C=O) groups is 2. The van der Waals surface area contributed by atoms with Crippen molar-refractivity contribution in [2.24, 2.45) is 5.92 Å². The van der Waals surface area contributed by atoms with Crippen LogP contribution in [0.2, 0.25) is 5.02 Å². The zero-order chi connectivity index (χ0) is 14.5. The van der Waals surface area contributed by atoms with E-state index >= 15 is 0 Å². The number of halogens is 1. The number of piperidine rings is 1. The molecule has 1 unspecified atom stereocenters. The lowest BCUT2D eigenvalue weighted by Gasteiger charge is -2.22. The highest BCUT2D eigenvalue weighted by Crippen LogP contribution is 2.26. The minimum absolute atomic E-state index is 0.000503. The Labute approximate surface area is 123 Å². The minimum Gasteiger partial charge on any atom is -0.326 e. The van der Waals surface area contributed by atoms with Crippen LogP contribution in [0.4, 0.5) is 11.4 Å². The standard InChI is InChI=1S/C14H18ClN3O2/c1-9(19)17-13-5-4-11(7-12(13)15)18-14(20)10-3-2-6-16-8-10/h4-5,7,10,16H,2-3,6,8H2,1H3,(H,17,19)(H,18,20). The van der Waals surface area contributed by atoms with Crippen molar-refractivity contribution < 1.29 is 9.59 Å². The SMILES string of the molecule is CC(=O)Nc1ccc(NC(=O)C2CCCNC2)cc1Cl. The first kappa shape index (κ1) is 14.8. The van der Waals surface area contributed by atoms with Gasteiger partial charge in [-0.15, -0.1) is 0 Å². The Morgan fingerprint density at radius 3 is 2.75 bits per heavy atom. The van der Waals surface area contributed by atoms with Crippen LogP contribution in [0.15, 0.2) is 18.2 Å². The second-order valence-electron chi connectivity index (χ2n) is 4.91. The summed E-state index contributed by atoms with van der Waals surface area (Å²) in [6.45, 7) is 3.10. The molecule has 3 N–H and O–H groups in total. The summed E-state index contributed by atoms with van der Waals surface area (Å²) in [7, 11) is 0. The van der Waals surface area contributed by atoms with Crippen LogP contribution in [-0.4, -0.2) is 24.9 Å². The number of hydrogen-bond acceptors (Lipinski definition) is 3. The first-order chi connectivity index (χ1) is 9.56. The lowest BCUT2D eigenvalue weighted by atomic mass is 9.99. The van der Waals surface area contributed by atoms with Crippen molar-refractivity contribution in [2.45, 2.75) is 19.8 Å². The molecule has 0 aromatic heterocycles. The zero-order valence-corrected chi connectivity index (χ0v) is 12.1. The van der Waals surface area contributed by atoms with Gasteiger partial charge in [-0.2, -0.15) is 0 Å². The van der Waals surface area contributed by atoms with Gasteiger partial charge in [-0.1, -0.05) is 11.6 Å². The molecule has 1 aliphatic heterocycles. The first-order valence-electron chi connectivity index (χ1n) is 6.65. The summed E-state index contributed by atoms with van der Waals surface area (Å²) in [6.07, 6.45) is 1.91. The van der Waals surface area contributed by atoms with E-state index in [1.807, 2.05) is 0 Å². The highest BCUT2D eigenvalue weighted by molar-refractivity contribution is 6.34. The summed E-state index contributed by atoms with van der Waals surface area (Å²) in [5.74, 6) is -0.185. The normalized spacial score (nSPS) is 18.4. The lowest BCUT2D eigenvalue weighted by molar-refractivity contribution is -0.120. The van der Waals surface area contributed by atoms with Crippen molar-refractivity contribution in [1.82, 2.24) is 5.32 Å². The van der Waals surface area contributed by atoms with Crippen LogP contribution < -0.4 is 16.0 Å². The Bertz CT molecular complexity index is 513. The summed E-state index contributed by atoms with van der Waals surface area (Å²) >= 11 is 6.06. The fraction of sp³-hybridized carbons (Fsp3) is 0.429. The fourth-order valence-corrected chi connectivity index (χ4v) is 2.43. The van der Waals surface area contributed by atoms with Crippen LogP contribution >= 0.6 is 11.6 Å². The van der Waals surface area contributed by atoms with Crippen molar-refractivity contribution in [3.63, 3.8) is 0 Å². The molecule has 1 aromatic carbocycles. The summed E-state index contributed by atoms with van der Waals surface area (Å²) in [5, 5.41) is 9.09. The van der Waals surface area contributed by atoms with Crippen LogP contribution in [-0.2, 0) is 9.59 Å². The molecule has 1 atom stereocenters. The molecule has 1 aromatic rings. The van der Waals surface area contributed by atoms with Gasteiger partial charge in [0.1, 0.15) is 0 Å². The van der Waals surface area contributed by atoms with Crippen molar-refractivity contribution in [1.29, 1.82) is 0 Å². The van der Waals surface area contributed by atoms with Crippen molar-refractivity contribution in [3.05, 3.63) is 23.2 Å². The van der Waals surface area contributed by atoms with E-state index < -0.39 is 0 Å². The topological polar surface area (TPSA) is 70.2 Å². The van der Waals surface area contributed by atoms with Crippen molar-refractivity contribution >= 4 is 34.8 Å². The number of benzene rings is 1. The predicted octanol–water partition coefficient (Wildman–Crippen LogP) is 2.24. The highest BCUT2D eigenvalue weighted by atomic mass is 35.5. The molecule has 108 valence electrons. The minimum atomic E-state index is -0.183. The lowest BCUT2D eigenvalue weighted by Crippen LogP contribution is -2.37. The van der Waals surface area contributed by atoms with E-state index in [0.29, 0.717) is 22.9 Å². The van der Waals surface area contributed by atoms with Gasteiger partial charge in [-0.25, -0.2) is 0 Å². The third-order valence-corrected chi connectivity index (χ3v) is 3.53. The number of carbonyl (C=O) groups excluding carboxylic acids is 2. The maximum atomic E-state index is 12.1. The van der Waals surface area contributed by atoms with Gasteiger partial charge in [0.25, 0.3) is 0 Å². The van der Waals surface area contributed by atoms with E-state index in [4.69, 9.17) is 11.6 Å². The van der Waals surface area contributed by atoms with Gasteiger partial charge >= 0.3 is 0 Å². The van der Waals surface area contributed by atoms with Gasteiger partial charge in [0.15, 0.2) is 0 Å². The smallest absolute Gasteiger partial charge is 0.228 e. The van der Waals surface area contributed by atoms with E-state index in [0.717, 1.165) is 19.4 Å². The number of hydrogen-bond donors (Lipinski definition) is 3. The first-order valence-corrected chi connectivity index (χ1v) is 7.03. The number of amides is 2. The summed E-state index contributed by atoms with van der Waals surface area (Å²) in [4.78, 5) is 23.1. The van der Waals surface area contributed by atoms with Crippen LogP contribution in [0.1, 0.15) is 19.8 Å². The Kier molecular flexibility index (Phi) is 4.98. The van der Waals surface area contributed by atoms with Crippen molar-refractivity contribution in [2.75, 3.05) is 23.7 Å². The second kappa shape index (κ2) is 6.72. The van der Waals surface area contributed by atoms with Gasteiger partial charge in [-0.05, 0) is 37.6 Å². The summed E-state index contributed by atoms with van der Waals surface area (Å²) in [5.41, 5.74) is 1.18. The molecule has 0 radical (unpaired) electrons. The maximum absolute atomic E-state index is 12.1. The quantitative estimate of drug-likeness (QED) is 0.801. The van der Waals surface area contributed by atoms with E-state index in [1.165, 1.54) is 6.92 Å². The number of rotatable bonds is 3. The molecule has 1 aliphatic rings. The van der Waals surface area contributed by atoms with E-state index in [1.54, 1.807) is 18.2 Å².